The Morgan fingerprint density at radius 3 is 2.52 bits per heavy atom. The van der Waals surface area contributed by atoms with Crippen molar-refractivity contribution < 1.29 is 27.5 Å². The van der Waals surface area contributed by atoms with E-state index in [9.17, 15) is 22.8 Å². The molecule has 1 aliphatic rings. The third-order valence-corrected chi connectivity index (χ3v) is 6.55. The molecule has 2 N–H and O–H groups in total. The highest BCUT2D eigenvalue weighted by Crippen LogP contribution is 2.29. The predicted octanol–water partition coefficient (Wildman–Crippen LogP) is 1.63. The van der Waals surface area contributed by atoms with Crippen LogP contribution in [0.5, 0.6) is 0 Å². The predicted molar refractivity (Wildman–Crippen MR) is 113 cm³/mol. The number of sulfonamides is 1. The van der Waals surface area contributed by atoms with E-state index < -0.39 is 21.8 Å². The summed E-state index contributed by atoms with van der Waals surface area (Å²) in [5.41, 5.74) is 0.680. The summed E-state index contributed by atoms with van der Waals surface area (Å²) in [5.74, 6) is -1.52. The van der Waals surface area contributed by atoms with Crippen molar-refractivity contribution in [3.63, 3.8) is 0 Å². The Morgan fingerprint density at radius 2 is 1.77 bits per heavy atom. The van der Waals surface area contributed by atoms with E-state index >= 15 is 0 Å². The summed E-state index contributed by atoms with van der Waals surface area (Å²) in [7, 11) is -2.40. The van der Waals surface area contributed by atoms with Crippen LogP contribution in [0.1, 0.15) is 33.6 Å². The van der Waals surface area contributed by atoms with Gasteiger partial charge in [-0.1, -0.05) is 24.3 Å². The molecule has 2 aromatic rings. The molecule has 0 saturated carbocycles. The van der Waals surface area contributed by atoms with Crippen LogP contribution >= 0.6 is 0 Å². The summed E-state index contributed by atoms with van der Waals surface area (Å²) in [6.07, 6.45) is 0.403. The number of carbonyl (C=O) groups is 3. The lowest BCUT2D eigenvalue weighted by molar-refractivity contribution is -0.116. The van der Waals surface area contributed by atoms with Gasteiger partial charge in [-0.15, -0.1) is 0 Å². The maximum atomic E-state index is 12.6. The number of fused-ring (bicyclic) bond motifs is 1. The first-order valence-corrected chi connectivity index (χ1v) is 11.1. The van der Waals surface area contributed by atoms with Crippen LogP contribution < -0.4 is 10.6 Å². The molecule has 0 atom stereocenters. The van der Waals surface area contributed by atoms with Gasteiger partial charge in [0.1, 0.15) is 4.90 Å². The number of benzene rings is 2. The lowest BCUT2D eigenvalue weighted by atomic mass is 10.1. The minimum atomic E-state index is -3.97. The number of ether oxygens (including phenoxy) is 1. The molecule has 9 nitrogen and oxygen atoms in total. The second kappa shape index (κ2) is 9.71. The Morgan fingerprint density at radius 1 is 1.06 bits per heavy atom. The SMILES string of the molecule is COCCCNC(=O)c1ccccc1NC(=O)CCN1C(=O)c2ccccc2S1(=O)=O. The normalized spacial score (nSPS) is 14.2. The highest BCUT2D eigenvalue weighted by atomic mass is 32.2. The maximum Gasteiger partial charge on any atom is 0.269 e. The summed E-state index contributed by atoms with van der Waals surface area (Å²) in [6.45, 7) is 0.637. The van der Waals surface area contributed by atoms with Crippen molar-refractivity contribution in [1.29, 1.82) is 0 Å². The summed E-state index contributed by atoms with van der Waals surface area (Å²) in [4.78, 5) is 37.2. The lowest BCUT2D eigenvalue weighted by Gasteiger charge is -2.15. The van der Waals surface area contributed by atoms with E-state index in [1.54, 1.807) is 37.4 Å². The molecule has 0 spiro atoms. The van der Waals surface area contributed by atoms with Gasteiger partial charge in [0.15, 0.2) is 0 Å². The van der Waals surface area contributed by atoms with Gasteiger partial charge in [0.25, 0.3) is 21.8 Å². The van der Waals surface area contributed by atoms with Gasteiger partial charge in [-0.3, -0.25) is 14.4 Å². The molecule has 0 aliphatic carbocycles. The Hall–Kier alpha value is -3.24. The van der Waals surface area contributed by atoms with Crippen molar-refractivity contribution >= 4 is 33.4 Å². The van der Waals surface area contributed by atoms with Crippen LogP contribution in [0.4, 0.5) is 5.69 Å². The van der Waals surface area contributed by atoms with Crippen molar-refractivity contribution in [2.45, 2.75) is 17.7 Å². The molecule has 0 fully saturated rings. The highest BCUT2D eigenvalue weighted by molar-refractivity contribution is 7.90. The molecule has 0 radical (unpaired) electrons. The van der Waals surface area contributed by atoms with Crippen LogP contribution in [0.15, 0.2) is 53.4 Å². The van der Waals surface area contributed by atoms with E-state index in [2.05, 4.69) is 10.6 Å². The molecule has 3 amide bonds. The van der Waals surface area contributed by atoms with Gasteiger partial charge >= 0.3 is 0 Å². The zero-order chi connectivity index (χ0) is 22.4. The van der Waals surface area contributed by atoms with Crippen LogP contribution in [0.25, 0.3) is 0 Å². The van der Waals surface area contributed by atoms with E-state index in [4.69, 9.17) is 4.74 Å². The highest BCUT2D eigenvalue weighted by Gasteiger charge is 2.40. The number of hydrogen-bond donors (Lipinski definition) is 2. The summed E-state index contributed by atoms with van der Waals surface area (Å²) in [6, 6.07) is 12.4. The summed E-state index contributed by atoms with van der Waals surface area (Å²) >= 11 is 0. The molecule has 10 heteroatoms. The second-order valence-corrected chi connectivity index (χ2v) is 8.66. The van der Waals surface area contributed by atoms with Crippen molar-refractivity contribution in [3.05, 3.63) is 59.7 Å². The van der Waals surface area contributed by atoms with Crippen LogP contribution in [0.3, 0.4) is 0 Å². The number of nitrogens with one attached hydrogen (secondary N) is 2. The average Bonchev–Trinajstić information content (AvgIpc) is 2.95. The minimum Gasteiger partial charge on any atom is -0.385 e. The Labute approximate surface area is 180 Å². The lowest BCUT2D eigenvalue weighted by Crippen LogP contribution is -2.33. The molecule has 0 aromatic heterocycles. The first kappa shape index (κ1) is 22.4. The van der Waals surface area contributed by atoms with Gasteiger partial charge < -0.3 is 15.4 Å². The Balaban J connectivity index is 1.62. The molecule has 31 heavy (non-hydrogen) atoms. The Kier molecular flexibility index (Phi) is 7.03. The molecule has 1 aliphatic heterocycles. The van der Waals surface area contributed by atoms with Crippen molar-refractivity contribution in [3.8, 4) is 0 Å². The number of rotatable bonds is 9. The average molecular weight is 445 g/mol. The topological polar surface area (TPSA) is 122 Å². The fourth-order valence-electron chi connectivity index (χ4n) is 3.17. The number of para-hydroxylation sites is 1. The zero-order valence-corrected chi connectivity index (χ0v) is 17.8. The van der Waals surface area contributed by atoms with Crippen molar-refractivity contribution in [1.82, 2.24) is 9.62 Å². The van der Waals surface area contributed by atoms with E-state index in [1.165, 1.54) is 18.2 Å². The number of methoxy groups -OCH3 is 1. The van der Waals surface area contributed by atoms with E-state index in [0.29, 0.717) is 29.6 Å². The number of carbonyl (C=O) groups excluding carboxylic acids is 3. The quantitative estimate of drug-likeness (QED) is 0.566. The molecule has 0 bridgehead atoms. The fraction of sp³-hybridized carbons (Fsp3) is 0.286. The Bertz CT molecular complexity index is 1100. The molecular weight excluding hydrogens is 422 g/mol. The van der Waals surface area contributed by atoms with Gasteiger partial charge in [-0.2, -0.15) is 0 Å². The number of hydrogen-bond acceptors (Lipinski definition) is 6. The third kappa shape index (κ3) is 4.92. The van der Waals surface area contributed by atoms with E-state index in [-0.39, 0.29) is 34.9 Å². The van der Waals surface area contributed by atoms with Crippen LogP contribution in [0, 0.1) is 0 Å². The van der Waals surface area contributed by atoms with E-state index in [1.807, 2.05) is 0 Å². The van der Waals surface area contributed by atoms with Crippen LogP contribution in [0.2, 0.25) is 0 Å². The summed E-state index contributed by atoms with van der Waals surface area (Å²) < 4.78 is 30.8. The molecule has 1 heterocycles. The standard InChI is InChI=1S/C21H23N3O6S/c1-30-14-6-12-22-20(26)15-7-2-4-9-17(15)23-19(25)11-13-24-21(27)16-8-3-5-10-18(16)31(24,28)29/h2-5,7-10H,6,11-14H2,1H3,(H,22,26)(H,23,25). The first-order chi connectivity index (χ1) is 14.9. The molecule has 164 valence electrons. The van der Waals surface area contributed by atoms with Gasteiger partial charge in [0, 0.05) is 33.2 Å². The van der Waals surface area contributed by atoms with Crippen LogP contribution in [-0.2, 0) is 19.6 Å². The van der Waals surface area contributed by atoms with E-state index in [0.717, 1.165) is 0 Å². The molecule has 0 unspecified atom stereocenters. The molecule has 3 rings (SSSR count). The number of nitrogens with zero attached hydrogens (tertiary/aromatic N) is 1. The van der Waals surface area contributed by atoms with Gasteiger partial charge in [0.2, 0.25) is 5.91 Å². The largest absolute Gasteiger partial charge is 0.385 e. The summed E-state index contributed by atoms with van der Waals surface area (Å²) in [5, 5.41) is 5.37. The van der Waals surface area contributed by atoms with Gasteiger partial charge in [-0.25, -0.2) is 12.7 Å². The maximum absolute atomic E-state index is 12.6. The fourth-order valence-corrected chi connectivity index (χ4v) is 4.74. The first-order valence-electron chi connectivity index (χ1n) is 9.68. The molecular formula is C21H23N3O6S. The third-order valence-electron chi connectivity index (χ3n) is 4.71. The van der Waals surface area contributed by atoms with Crippen LogP contribution in [-0.4, -0.2) is 57.3 Å². The number of amides is 3. The monoisotopic (exact) mass is 445 g/mol. The van der Waals surface area contributed by atoms with Crippen molar-refractivity contribution in [2.75, 3.05) is 32.1 Å². The zero-order valence-electron chi connectivity index (χ0n) is 17.0. The molecule has 2 aromatic carbocycles. The number of anilines is 1. The second-order valence-electron chi connectivity index (χ2n) is 6.82. The smallest absolute Gasteiger partial charge is 0.269 e. The molecule has 0 saturated heterocycles. The van der Waals surface area contributed by atoms with Crippen molar-refractivity contribution in [2.24, 2.45) is 0 Å². The van der Waals surface area contributed by atoms with Gasteiger partial charge in [0.05, 0.1) is 16.8 Å². The minimum absolute atomic E-state index is 0.0594. The van der Waals surface area contributed by atoms with Gasteiger partial charge in [-0.05, 0) is 30.7 Å².